The quantitative estimate of drug-likeness (QED) is 0.181. The lowest BCUT2D eigenvalue weighted by molar-refractivity contribution is -0.345. The van der Waals surface area contributed by atoms with Crippen LogP contribution in [-0.2, 0) is 19.1 Å². The summed E-state index contributed by atoms with van der Waals surface area (Å²) in [6.07, 6.45) is 2.21. The predicted octanol–water partition coefficient (Wildman–Crippen LogP) is -0.108. The Hall–Kier alpha value is -5.80. The molecule has 4 rings (SSSR count). The molecule has 0 bridgehead atoms. The van der Waals surface area contributed by atoms with E-state index in [1.807, 2.05) is 48.5 Å². The Labute approximate surface area is 226 Å². The van der Waals surface area contributed by atoms with E-state index in [0.717, 1.165) is 21.5 Å². The third-order valence-electron chi connectivity index (χ3n) is 4.42. The Balaban J connectivity index is 0.000000234. The summed E-state index contributed by atoms with van der Waals surface area (Å²) in [6.45, 7) is 4.10. The first kappa shape index (κ1) is 30.4. The van der Waals surface area contributed by atoms with Crippen molar-refractivity contribution in [1.29, 1.82) is 0 Å². The van der Waals surface area contributed by atoms with Crippen LogP contribution in [0.1, 0.15) is 13.8 Å². The van der Waals surface area contributed by atoms with E-state index >= 15 is 0 Å². The monoisotopic (exact) mass is 552 g/mol. The Morgan fingerprint density at radius 3 is 1.40 bits per heavy atom. The highest BCUT2D eigenvalue weighted by molar-refractivity contribution is 6.25. The number of nitrogens with one attached hydrogen (secondary N) is 4. The van der Waals surface area contributed by atoms with Gasteiger partial charge >= 0.3 is 12.2 Å². The van der Waals surface area contributed by atoms with E-state index in [0.29, 0.717) is 24.8 Å². The van der Waals surface area contributed by atoms with Crippen LogP contribution in [0.25, 0.3) is 21.5 Å². The number of anilines is 2. The molecule has 0 unspecified atom stereocenters. The average molecular weight is 553 g/mol. The van der Waals surface area contributed by atoms with E-state index in [4.69, 9.17) is 29.3 Å². The molecule has 0 radical (unpaired) electrons. The highest BCUT2D eigenvalue weighted by Gasteiger charge is 2.05. The molecule has 0 saturated carbocycles. The highest BCUT2D eigenvalue weighted by atomic mass is 16.6. The van der Waals surface area contributed by atoms with Gasteiger partial charge < -0.3 is 29.3 Å². The summed E-state index contributed by atoms with van der Waals surface area (Å²) >= 11 is 0. The first-order chi connectivity index (χ1) is 19.3. The molecule has 0 spiro atoms. The van der Waals surface area contributed by atoms with E-state index < -0.39 is 24.1 Å². The second-order valence-corrected chi connectivity index (χ2v) is 7.08. The molecule has 0 fully saturated rings. The maximum absolute atomic E-state index is 11.1. The van der Waals surface area contributed by atoms with Crippen molar-refractivity contribution in [2.75, 3.05) is 24.1 Å². The summed E-state index contributed by atoms with van der Waals surface area (Å²) in [7, 11) is 0. The van der Waals surface area contributed by atoms with Gasteiger partial charge in [0.25, 0.3) is 0 Å². The van der Waals surface area contributed by atoms with E-state index in [-0.39, 0.29) is 0 Å². The topological polar surface area (TPSA) is 233 Å². The Morgan fingerprint density at radius 2 is 1.05 bits per heavy atom. The molecule has 16 nitrogen and oxygen atoms in total. The molecule has 210 valence electrons. The maximum atomic E-state index is 11.1. The molecule has 2 amide bonds. The zero-order valence-electron chi connectivity index (χ0n) is 21.2. The second-order valence-electron chi connectivity index (χ2n) is 7.08. The van der Waals surface area contributed by atoms with Gasteiger partial charge in [0.05, 0.1) is 37.5 Å². The van der Waals surface area contributed by atoms with Crippen molar-refractivity contribution in [1.82, 2.24) is 31.2 Å². The summed E-state index contributed by atoms with van der Waals surface area (Å²) in [4.78, 5) is 40.1. The lowest BCUT2D eigenvalue weighted by Gasteiger charge is -2.08. The molecule has 0 aliphatic carbocycles. The van der Waals surface area contributed by atoms with Crippen LogP contribution in [0.3, 0.4) is 0 Å². The third-order valence-corrected chi connectivity index (χ3v) is 4.42. The number of carboxylic acid groups (broad SMARTS) is 2. The summed E-state index contributed by atoms with van der Waals surface area (Å²) in [5.74, 6) is -3.41. The van der Waals surface area contributed by atoms with Crippen molar-refractivity contribution in [2.45, 2.75) is 13.8 Å². The van der Waals surface area contributed by atoms with Crippen LogP contribution in [-0.4, -0.2) is 57.7 Å². The van der Waals surface area contributed by atoms with Gasteiger partial charge in [0.2, 0.25) is 0 Å². The molecule has 16 heteroatoms. The Kier molecular flexibility index (Phi) is 12.3. The van der Waals surface area contributed by atoms with Gasteiger partial charge in [-0.05, 0) is 13.8 Å². The molecule has 2 heterocycles. The van der Waals surface area contributed by atoms with Crippen molar-refractivity contribution < 1.29 is 38.9 Å². The Morgan fingerprint density at radius 1 is 0.675 bits per heavy atom. The lowest BCUT2D eigenvalue weighted by atomic mass is 10.2. The molecule has 0 saturated heterocycles. The van der Waals surface area contributed by atoms with E-state index in [9.17, 15) is 9.59 Å². The van der Waals surface area contributed by atoms with Crippen LogP contribution in [0.5, 0.6) is 0 Å². The smallest absolute Gasteiger partial charge is 0.425 e. The number of hydrazine groups is 2. The van der Waals surface area contributed by atoms with Crippen molar-refractivity contribution in [2.24, 2.45) is 0 Å². The number of aliphatic carboxylic acids is 2. The number of ether oxygens (including phenoxy) is 2. The lowest BCUT2D eigenvalue weighted by Crippen LogP contribution is -2.42. The maximum Gasteiger partial charge on any atom is 0.425 e. The zero-order valence-corrected chi connectivity index (χ0v) is 21.2. The third kappa shape index (κ3) is 9.92. The molecule has 0 atom stereocenters. The largest absolute Gasteiger partial charge is 0.543 e. The number of carboxylic acids is 2. The number of benzene rings is 2. The van der Waals surface area contributed by atoms with Gasteiger partial charge in [0.15, 0.2) is 11.6 Å². The van der Waals surface area contributed by atoms with Crippen LogP contribution in [0.2, 0.25) is 0 Å². The number of carbonyl (C=O) groups is 4. The van der Waals surface area contributed by atoms with Crippen molar-refractivity contribution in [3.05, 3.63) is 60.9 Å². The van der Waals surface area contributed by atoms with Gasteiger partial charge in [0.1, 0.15) is 0 Å². The summed E-state index contributed by atoms with van der Waals surface area (Å²) in [5, 5.41) is 37.0. The van der Waals surface area contributed by atoms with Gasteiger partial charge in [0, 0.05) is 21.5 Å². The Bertz CT molecular complexity index is 1330. The average Bonchev–Trinajstić information content (AvgIpc) is 2.96. The minimum atomic E-state index is -2.19. The number of amides is 2. The van der Waals surface area contributed by atoms with E-state index in [1.54, 1.807) is 26.2 Å². The van der Waals surface area contributed by atoms with Gasteiger partial charge in [-0.3, -0.25) is 10.9 Å². The molecule has 0 aliphatic heterocycles. The number of rotatable bonds is 6. The molecule has 2 aromatic carbocycles. The SMILES string of the molecule is CCOC(=O)NNc1nncc2ccccc12.CCOC(=O)NNc1nncc2ccccc12.O=C([O-])C(=O)[O-]. The molecule has 4 N–H and O–H groups in total. The molecular formula is C24H24N8O8-2. The molecule has 2 aromatic heterocycles. The number of carbonyl (C=O) groups excluding carboxylic acids is 4. The first-order valence-corrected chi connectivity index (χ1v) is 11.5. The van der Waals surface area contributed by atoms with Gasteiger partial charge in [-0.2, -0.15) is 10.2 Å². The second kappa shape index (κ2) is 16.1. The van der Waals surface area contributed by atoms with Crippen LogP contribution in [0, 0.1) is 0 Å². The summed E-state index contributed by atoms with van der Waals surface area (Å²) in [6, 6.07) is 15.2. The standard InChI is InChI=1S/2C11H12N4O2.C2H2O4/c2*1-2-17-11(16)15-14-10-9-6-4-3-5-8(9)7-12-13-10;3-1(4)2(5)6/h2*3-7H,2H2,1H3,(H,13,14)(H,15,16);(H,3,4)(H,5,6)/p-2. The van der Waals surface area contributed by atoms with Crippen LogP contribution in [0.4, 0.5) is 21.2 Å². The number of aromatic nitrogens is 4. The normalized spacial score (nSPS) is 9.55. The fraction of sp³-hybridized carbons (Fsp3) is 0.167. The van der Waals surface area contributed by atoms with Gasteiger partial charge in [-0.15, -0.1) is 10.2 Å². The van der Waals surface area contributed by atoms with E-state index in [2.05, 4.69) is 42.1 Å². The fourth-order valence-electron chi connectivity index (χ4n) is 2.80. The van der Waals surface area contributed by atoms with Gasteiger partial charge in [-0.25, -0.2) is 20.4 Å². The highest BCUT2D eigenvalue weighted by Crippen LogP contribution is 2.19. The minimum Gasteiger partial charge on any atom is -0.543 e. The molecule has 0 aliphatic rings. The summed E-state index contributed by atoms with van der Waals surface area (Å²) < 4.78 is 9.43. The van der Waals surface area contributed by atoms with Crippen LogP contribution in [0.15, 0.2) is 60.9 Å². The molecular weight excluding hydrogens is 528 g/mol. The summed E-state index contributed by atoms with van der Waals surface area (Å²) in [5.41, 5.74) is 10.1. The van der Waals surface area contributed by atoms with Crippen LogP contribution < -0.4 is 31.9 Å². The predicted molar refractivity (Wildman–Crippen MR) is 137 cm³/mol. The van der Waals surface area contributed by atoms with Crippen molar-refractivity contribution in [3.8, 4) is 0 Å². The van der Waals surface area contributed by atoms with Crippen molar-refractivity contribution >= 4 is 57.3 Å². The first-order valence-electron chi connectivity index (χ1n) is 11.5. The number of hydrogen-bond donors (Lipinski definition) is 4. The minimum absolute atomic E-state index is 0.314. The molecule has 40 heavy (non-hydrogen) atoms. The molecule has 4 aromatic rings. The number of hydrogen-bond acceptors (Lipinski definition) is 14. The fourth-order valence-corrected chi connectivity index (χ4v) is 2.80. The number of fused-ring (bicyclic) bond motifs is 2. The van der Waals surface area contributed by atoms with Crippen LogP contribution >= 0.6 is 0 Å². The zero-order chi connectivity index (χ0) is 29.3. The number of nitrogens with zero attached hydrogens (tertiary/aromatic N) is 4. The van der Waals surface area contributed by atoms with E-state index in [1.165, 1.54) is 0 Å². The van der Waals surface area contributed by atoms with Crippen molar-refractivity contribution in [3.63, 3.8) is 0 Å². The van der Waals surface area contributed by atoms with Gasteiger partial charge in [-0.1, -0.05) is 48.5 Å².